The van der Waals surface area contributed by atoms with E-state index in [9.17, 15) is 0 Å². The number of fused-ring (bicyclic) bond motifs is 6. The van der Waals surface area contributed by atoms with Gasteiger partial charge in [0.15, 0.2) is 0 Å². The van der Waals surface area contributed by atoms with Crippen LogP contribution in [0.25, 0.3) is 10.8 Å². The Bertz CT molecular complexity index is 1240. The molecule has 1 spiro atoms. The molecule has 2 aliphatic carbocycles. The van der Waals surface area contributed by atoms with Gasteiger partial charge in [0.1, 0.15) is 11.4 Å². The number of benzene rings is 3. The van der Waals surface area contributed by atoms with Gasteiger partial charge < -0.3 is 9.64 Å². The highest BCUT2D eigenvalue weighted by Gasteiger charge is 2.63. The summed E-state index contributed by atoms with van der Waals surface area (Å²) in [4.78, 5) is 7.76. The van der Waals surface area contributed by atoms with E-state index in [-0.39, 0.29) is 5.41 Å². The number of nitrogens with zero attached hydrogens (tertiary/aromatic N) is 2. The van der Waals surface area contributed by atoms with E-state index in [0.29, 0.717) is 6.04 Å². The van der Waals surface area contributed by atoms with E-state index in [1.807, 2.05) is 0 Å². The fourth-order valence-electron chi connectivity index (χ4n) is 7.03. The second kappa shape index (κ2) is 5.91. The molecule has 156 valence electrons. The lowest BCUT2D eigenvalue weighted by Crippen LogP contribution is -2.65. The van der Waals surface area contributed by atoms with Crippen LogP contribution >= 0.6 is 0 Å². The van der Waals surface area contributed by atoms with Crippen LogP contribution in [0.15, 0.2) is 65.7 Å². The lowest BCUT2D eigenvalue weighted by atomic mass is 9.77. The van der Waals surface area contributed by atoms with Crippen molar-refractivity contribution in [3.63, 3.8) is 0 Å². The van der Waals surface area contributed by atoms with E-state index in [1.165, 1.54) is 42.3 Å². The molecule has 4 aliphatic rings. The van der Waals surface area contributed by atoms with Gasteiger partial charge in [-0.25, -0.2) is 0 Å². The Morgan fingerprint density at radius 3 is 2.61 bits per heavy atom. The van der Waals surface area contributed by atoms with Crippen LogP contribution in [0.5, 0.6) is 5.75 Å². The number of rotatable bonds is 1. The van der Waals surface area contributed by atoms with Gasteiger partial charge in [-0.3, -0.25) is 4.99 Å². The maximum atomic E-state index is 7.10. The molecule has 0 saturated heterocycles. The smallest absolute Gasteiger partial charge is 0.229 e. The van der Waals surface area contributed by atoms with Crippen LogP contribution in [0.2, 0.25) is 0 Å². The number of hydrogen-bond acceptors (Lipinski definition) is 3. The van der Waals surface area contributed by atoms with E-state index in [4.69, 9.17) is 9.73 Å². The Balaban J connectivity index is 1.43. The molecule has 2 aliphatic heterocycles. The zero-order chi connectivity index (χ0) is 20.8. The van der Waals surface area contributed by atoms with Gasteiger partial charge in [0, 0.05) is 17.1 Å². The van der Waals surface area contributed by atoms with Crippen molar-refractivity contribution in [3.05, 3.63) is 66.2 Å². The molecule has 2 fully saturated rings. The first-order valence-corrected chi connectivity index (χ1v) is 11.7. The Hall–Kier alpha value is -2.81. The monoisotopic (exact) mass is 408 g/mol. The summed E-state index contributed by atoms with van der Waals surface area (Å²) >= 11 is 0. The standard InChI is InChI=1S/C28H28N2O/c1-27(2)22-9-5-6-10-23(22)30(24-16-18-11-12-20(24)15-18)28(27)17-29-26-21-8-4-3-7-19(21)13-14-25(26)31-28/h3-10,13-14,17-18,20,24H,11-12,15-16H2,1-2H3. The second-order valence-corrected chi connectivity index (χ2v) is 10.4. The van der Waals surface area contributed by atoms with Crippen LogP contribution in [0.4, 0.5) is 11.4 Å². The fraction of sp³-hybridized carbons (Fsp3) is 0.393. The van der Waals surface area contributed by atoms with Crippen molar-refractivity contribution in [2.75, 3.05) is 4.90 Å². The summed E-state index contributed by atoms with van der Waals surface area (Å²) < 4.78 is 7.10. The average Bonchev–Trinajstić information content (AvgIpc) is 3.46. The van der Waals surface area contributed by atoms with Gasteiger partial charge in [0.05, 0.1) is 11.6 Å². The zero-order valence-electron chi connectivity index (χ0n) is 18.2. The van der Waals surface area contributed by atoms with E-state index in [0.717, 1.165) is 28.7 Å². The van der Waals surface area contributed by atoms with Crippen LogP contribution in [0.3, 0.4) is 0 Å². The summed E-state index contributed by atoms with van der Waals surface area (Å²) in [5, 5.41) is 2.36. The van der Waals surface area contributed by atoms with Crippen LogP contribution in [-0.2, 0) is 5.41 Å². The van der Waals surface area contributed by atoms with Crippen molar-refractivity contribution in [3.8, 4) is 5.75 Å². The molecule has 3 nitrogen and oxygen atoms in total. The van der Waals surface area contributed by atoms with Gasteiger partial charge in [-0.2, -0.15) is 0 Å². The highest BCUT2D eigenvalue weighted by atomic mass is 16.5. The molecule has 3 aromatic rings. The van der Waals surface area contributed by atoms with Crippen molar-refractivity contribution in [1.29, 1.82) is 0 Å². The van der Waals surface area contributed by atoms with Gasteiger partial charge in [-0.1, -0.05) is 55.0 Å². The summed E-state index contributed by atoms with van der Waals surface area (Å²) in [6, 6.07) is 22.2. The molecular formula is C28H28N2O. The number of ether oxygens (including phenoxy) is 1. The topological polar surface area (TPSA) is 24.8 Å². The maximum Gasteiger partial charge on any atom is 0.229 e. The first-order valence-electron chi connectivity index (χ1n) is 11.7. The molecule has 0 amide bonds. The summed E-state index contributed by atoms with van der Waals surface area (Å²) in [5.41, 5.74) is 2.86. The lowest BCUT2D eigenvalue weighted by molar-refractivity contribution is 0.0642. The summed E-state index contributed by atoms with van der Waals surface area (Å²) in [6.07, 6.45) is 7.53. The number of anilines is 1. The van der Waals surface area contributed by atoms with Crippen molar-refractivity contribution >= 4 is 28.4 Å². The Labute approximate surface area is 183 Å². The zero-order valence-corrected chi connectivity index (χ0v) is 18.2. The van der Waals surface area contributed by atoms with Gasteiger partial charge >= 0.3 is 0 Å². The molecule has 3 aromatic carbocycles. The molecule has 4 unspecified atom stereocenters. The van der Waals surface area contributed by atoms with Crippen LogP contribution < -0.4 is 9.64 Å². The Morgan fingerprint density at radius 2 is 1.77 bits per heavy atom. The van der Waals surface area contributed by atoms with Gasteiger partial charge in [-0.05, 0) is 68.0 Å². The van der Waals surface area contributed by atoms with Crippen molar-refractivity contribution in [1.82, 2.24) is 0 Å². The molecule has 2 heterocycles. The quantitative estimate of drug-likeness (QED) is 0.452. The van der Waals surface area contributed by atoms with Crippen molar-refractivity contribution in [2.24, 2.45) is 16.8 Å². The minimum atomic E-state index is -0.596. The SMILES string of the molecule is CC1(C)c2ccccc2N(C2CC3CCC2C3)C12C=Nc1c(ccc3ccccc13)O2. The summed E-state index contributed by atoms with van der Waals surface area (Å²) in [7, 11) is 0. The molecule has 4 atom stereocenters. The normalized spacial score (nSPS) is 31.8. The highest BCUT2D eigenvalue weighted by Crippen LogP contribution is 2.59. The van der Waals surface area contributed by atoms with Crippen LogP contribution in [-0.4, -0.2) is 18.0 Å². The van der Waals surface area contributed by atoms with Crippen molar-refractivity contribution in [2.45, 2.75) is 56.7 Å². The van der Waals surface area contributed by atoms with E-state index >= 15 is 0 Å². The third kappa shape index (κ3) is 2.17. The van der Waals surface area contributed by atoms with Gasteiger partial charge in [0.2, 0.25) is 5.72 Å². The Kier molecular flexibility index (Phi) is 3.40. The molecule has 2 bridgehead atoms. The first-order chi connectivity index (χ1) is 15.1. The number of para-hydroxylation sites is 1. The largest absolute Gasteiger partial charge is 0.459 e. The second-order valence-electron chi connectivity index (χ2n) is 10.4. The average molecular weight is 409 g/mol. The minimum Gasteiger partial charge on any atom is -0.459 e. The number of aliphatic imine (C=N–C) groups is 1. The molecule has 7 rings (SSSR count). The summed E-state index contributed by atoms with van der Waals surface area (Å²) in [6.45, 7) is 4.66. The molecular weight excluding hydrogens is 380 g/mol. The molecule has 3 heteroatoms. The summed E-state index contributed by atoms with van der Waals surface area (Å²) in [5.74, 6) is 2.54. The van der Waals surface area contributed by atoms with Crippen LogP contribution in [0, 0.1) is 11.8 Å². The first kappa shape index (κ1) is 17.8. The third-order valence-corrected chi connectivity index (χ3v) is 8.62. The Morgan fingerprint density at radius 1 is 0.935 bits per heavy atom. The van der Waals surface area contributed by atoms with Crippen molar-refractivity contribution < 1.29 is 4.74 Å². The third-order valence-electron chi connectivity index (χ3n) is 8.62. The molecule has 0 radical (unpaired) electrons. The van der Waals surface area contributed by atoms with Crippen LogP contribution in [0.1, 0.15) is 45.1 Å². The van der Waals surface area contributed by atoms with E-state index < -0.39 is 5.72 Å². The fourth-order valence-corrected chi connectivity index (χ4v) is 7.03. The van der Waals surface area contributed by atoms with Gasteiger partial charge in [0.25, 0.3) is 0 Å². The van der Waals surface area contributed by atoms with Gasteiger partial charge in [-0.15, -0.1) is 0 Å². The predicted molar refractivity (Wildman–Crippen MR) is 127 cm³/mol. The lowest BCUT2D eigenvalue weighted by Gasteiger charge is -2.50. The highest BCUT2D eigenvalue weighted by molar-refractivity contribution is 5.99. The number of hydrogen-bond donors (Lipinski definition) is 0. The molecule has 31 heavy (non-hydrogen) atoms. The molecule has 0 aromatic heterocycles. The minimum absolute atomic E-state index is 0.210. The predicted octanol–water partition coefficient (Wildman–Crippen LogP) is 6.62. The molecule has 2 saturated carbocycles. The van der Waals surface area contributed by atoms with E-state index in [2.05, 4.69) is 85.6 Å². The van der Waals surface area contributed by atoms with E-state index in [1.54, 1.807) is 0 Å². The maximum absolute atomic E-state index is 7.10. The molecule has 0 N–H and O–H groups in total.